The van der Waals surface area contributed by atoms with Gasteiger partial charge in [-0.05, 0) is 0 Å². The molecule has 0 N–H and O–H groups in total. The van der Waals surface area contributed by atoms with Gasteiger partial charge in [0, 0.05) is 34.1 Å². The lowest BCUT2D eigenvalue weighted by Crippen LogP contribution is -2.29. The van der Waals surface area contributed by atoms with Crippen LogP contribution in [0.3, 0.4) is 0 Å². The maximum absolute atomic E-state index is 12.5. The van der Waals surface area contributed by atoms with Crippen molar-refractivity contribution in [3.8, 4) is 0 Å². The van der Waals surface area contributed by atoms with Crippen LogP contribution in [0.2, 0.25) is 0 Å². The van der Waals surface area contributed by atoms with Crippen molar-refractivity contribution < 1.29 is 9.59 Å². The van der Waals surface area contributed by atoms with Gasteiger partial charge in [0.1, 0.15) is 0 Å². The van der Waals surface area contributed by atoms with E-state index >= 15 is 0 Å². The maximum atomic E-state index is 12.5. The van der Waals surface area contributed by atoms with Gasteiger partial charge in [-0.25, -0.2) is 0 Å². The van der Waals surface area contributed by atoms with Gasteiger partial charge in [0.2, 0.25) is 0 Å². The molecular formula is C16H14O2. The maximum Gasteiger partial charge on any atom is 0.190 e. The number of rotatable bonds is 0. The fraction of sp³-hybridized carbons (Fsp3) is 0.250. The molecule has 0 aromatic heterocycles. The molecule has 90 valence electrons. The Morgan fingerprint density at radius 1 is 0.778 bits per heavy atom. The second-order valence-electron chi connectivity index (χ2n) is 4.99. The molecule has 0 aliphatic heterocycles. The van der Waals surface area contributed by atoms with E-state index in [1.54, 1.807) is 12.1 Å². The second kappa shape index (κ2) is 3.77. The Balaban J connectivity index is 2.27. The number of fused-ring (bicyclic) bond motifs is 1. The number of allylic oxidation sites excluding steroid dienone is 4. The first-order chi connectivity index (χ1) is 8.61. The standard InChI is InChI=1S/C16H14O2/c1-9-7-8-10(2)14-13(9)15(17)11-5-3-4-6-12(11)16(14)18/h3-10H,1-2H3/t9-,10+. The fourth-order valence-electron chi connectivity index (χ4n) is 2.84. The summed E-state index contributed by atoms with van der Waals surface area (Å²) in [6, 6.07) is 7.11. The van der Waals surface area contributed by atoms with Gasteiger partial charge in [0.25, 0.3) is 0 Å². The first-order valence-corrected chi connectivity index (χ1v) is 6.22. The molecule has 2 atom stereocenters. The zero-order valence-electron chi connectivity index (χ0n) is 10.4. The molecular weight excluding hydrogens is 224 g/mol. The van der Waals surface area contributed by atoms with Crippen LogP contribution in [0.4, 0.5) is 0 Å². The molecule has 0 amide bonds. The lowest BCUT2D eigenvalue weighted by atomic mass is 9.72. The van der Waals surface area contributed by atoms with Gasteiger partial charge in [0.05, 0.1) is 0 Å². The highest BCUT2D eigenvalue weighted by Gasteiger charge is 2.36. The predicted molar refractivity (Wildman–Crippen MR) is 69.6 cm³/mol. The van der Waals surface area contributed by atoms with Gasteiger partial charge in [-0.3, -0.25) is 9.59 Å². The molecule has 0 spiro atoms. The average molecular weight is 238 g/mol. The van der Waals surface area contributed by atoms with Crippen LogP contribution in [0, 0.1) is 11.8 Å². The topological polar surface area (TPSA) is 34.1 Å². The summed E-state index contributed by atoms with van der Waals surface area (Å²) in [6.07, 6.45) is 4.03. The number of carbonyl (C=O) groups is 2. The Hall–Kier alpha value is -1.96. The third-order valence-corrected chi connectivity index (χ3v) is 3.79. The lowest BCUT2D eigenvalue weighted by molar-refractivity contribution is 0.0961. The first-order valence-electron chi connectivity index (χ1n) is 6.22. The molecule has 0 bridgehead atoms. The summed E-state index contributed by atoms with van der Waals surface area (Å²) in [7, 11) is 0. The molecule has 2 nitrogen and oxygen atoms in total. The minimum Gasteiger partial charge on any atom is -0.289 e. The summed E-state index contributed by atoms with van der Waals surface area (Å²) >= 11 is 0. The van der Waals surface area contributed by atoms with Crippen molar-refractivity contribution in [1.82, 2.24) is 0 Å². The fourth-order valence-corrected chi connectivity index (χ4v) is 2.84. The van der Waals surface area contributed by atoms with Gasteiger partial charge in [-0.15, -0.1) is 0 Å². The third-order valence-electron chi connectivity index (χ3n) is 3.79. The number of Topliss-reactive ketones (excluding diaryl/α,β-unsaturated/α-hetero) is 2. The van der Waals surface area contributed by atoms with Crippen molar-refractivity contribution in [2.24, 2.45) is 11.8 Å². The predicted octanol–water partition coefficient (Wildman–Crippen LogP) is 3.20. The average Bonchev–Trinajstić information content (AvgIpc) is 2.38. The number of carbonyl (C=O) groups excluding carboxylic acids is 2. The molecule has 0 unspecified atom stereocenters. The largest absolute Gasteiger partial charge is 0.289 e. The van der Waals surface area contributed by atoms with Crippen molar-refractivity contribution in [2.45, 2.75) is 13.8 Å². The third kappa shape index (κ3) is 1.35. The highest BCUT2D eigenvalue weighted by atomic mass is 16.1. The molecule has 1 aromatic carbocycles. The molecule has 0 saturated carbocycles. The van der Waals surface area contributed by atoms with E-state index in [-0.39, 0.29) is 23.4 Å². The Labute approximate surface area is 106 Å². The van der Waals surface area contributed by atoms with E-state index in [1.807, 2.05) is 38.1 Å². The molecule has 0 radical (unpaired) electrons. The van der Waals surface area contributed by atoms with Gasteiger partial charge in [-0.1, -0.05) is 50.3 Å². The summed E-state index contributed by atoms with van der Waals surface area (Å²) in [4.78, 5) is 25.0. The van der Waals surface area contributed by atoms with Crippen LogP contribution >= 0.6 is 0 Å². The van der Waals surface area contributed by atoms with Crippen molar-refractivity contribution in [3.05, 3.63) is 58.7 Å². The van der Waals surface area contributed by atoms with E-state index < -0.39 is 0 Å². The summed E-state index contributed by atoms with van der Waals surface area (Å²) in [5.74, 6) is 0.0924. The van der Waals surface area contributed by atoms with Crippen molar-refractivity contribution >= 4 is 11.6 Å². The number of ketones is 2. The molecule has 3 rings (SSSR count). The Morgan fingerprint density at radius 3 is 1.56 bits per heavy atom. The second-order valence-corrected chi connectivity index (χ2v) is 4.99. The first kappa shape index (κ1) is 11.1. The van der Waals surface area contributed by atoms with Crippen LogP contribution in [0.25, 0.3) is 0 Å². The molecule has 2 heteroatoms. The van der Waals surface area contributed by atoms with E-state index in [4.69, 9.17) is 0 Å². The molecule has 0 heterocycles. The number of hydrogen-bond acceptors (Lipinski definition) is 2. The van der Waals surface area contributed by atoms with Gasteiger partial charge >= 0.3 is 0 Å². The van der Waals surface area contributed by atoms with Gasteiger partial charge < -0.3 is 0 Å². The van der Waals surface area contributed by atoms with Gasteiger partial charge in [0.15, 0.2) is 11.6 Å². The van der Waals surface area contributed by atoms with E-state index in [1.165, 1.54) is 0 Å². The Morgan fingerprint density at radius 2 is 1.17 bits per heavy atom. The zero-order chi connectivity index (χ0) is 12.9. The number of benzene rings is 1. The van der Waals surface area contributed by atoms with Crippen molar-refractivity contribution in [1.29, 1.82) is 0 Å². The van der Waals surface area contributed by atoms with Crippen LogP contribution in [0.1, 0.15) is 34.6 Å². The highest BCUT2D eigenvalue weighted by molar-refractivity contribution is 6.27. The normalized spacial score (nSPS) is 26.1. The summed E-state index contributed by atoms with van der Waals surface area (Å²) < 4.78 is 0. The van der Waals surface area contributed by atoms with Crippen molar-refractivity contribution in [2.75, 3.05) is 0 Å². The monoisotopic (exact) mass is 238 g/mol. The molecule has 2 aliphatic rings. The number of hydrogen-bond donors (Lipinski definition) is 0. The molecule has 0 fully saturated rings. The SMILES string of the molecule is C[C@@H]1C=C[C@H](C)C2=C1C(=O)c1ccccc1C2=O. The molecule has 2 aliphatic carbocycles. The van der Waals surface area contributed by atoms with E-state index in [0.29, 0.717) is 22.3 Å². The van der Waals surface area contributed by atoms with Crippen LogP contribution in [-0.2, 0) is 0 Å². The highest BCUT2D eigenvalue weighted by Crippen LogP contribution is 2.37. The Kier molecular flexibility index (Phi) is 2.34. The summed E-state index contributed by atoms with van der Waals surface area (Å²) in [6.45, 7) is 3.94. The van der Waals surface area contributed by atoms with Crippen LogP contribution < -0.4 is 0 Å². The molecule has 1 aromatic rings. The summed E-state index contributed by atoms with van der Waals surface area (Å²) in [5, 5.41) is 0. The minimum atomic E-state index is 0.0175. The van der Waals surface area contributed by atoms with Crippen LogP contribution in [0.5, 0.6) is 0 Å². The van der Waals surface area contributed by atoms with E-state index in [2.05, 4.69) is 0 Å². The quantitative estimate of drug-likeness (QED) is 0.650. The van der Waals surface area contributed by atoms with Crippen molar-refractivity contribution in [3.63, 3.8) is 0 Å². The molecule has 18 heavy (non-hydrogen) atoms. The summed E-state index contributed by atoms with van der Waals surface area (Å²) in [5.41, 5.74) is 2.48. The van der Waals surface area contributed by atoms with Crippen LogP contribution in [0.15, 0.2) is 47.6 Å². The molecule has 0 saturated heterocycles. The van der Waals surface area contributed by atoms with E-state index in [0.717, 1.165) is 0 Å². The van der Waals surface area contributed by atoms with E-state index in [9.17, 15) is 9.59 Å². The van der Waals surface area contributed by atoms with Crippen LogP contribution in [-0.4, -0.2) is 11.6 Å². The zero-order valence-corrected chi connectivity index (χ0v) is 10.4. The smallest absolute Gasteiger partial charge is 0.190 e. The Bertz CT molecular complexity index is 567. The van der Waals surface area contributed by atoms with Gasteiger partial charge in [-0.2, -0.15) is 0 Å². The lowest BCUT2D eigenvalue weighted by Gasteiger charge is -2.29. The minimum absolute atomic E-state index is 0.0175.